The molecule has 0 spiro atoms. The Morgan fingerprint density at radius 1 is 1.33 bits per heavy atom. The minimum atomic E-state index is -2.89. The second-order valence-electron chi connectivity index (χ2n) is 6.97. The largest absolute Gasteiger partial charge is 0.368 e. The average molecular weight is 344 g/mol. The molecule has 24 heavy (non-hydrogen) atoms. The fourth-order valence-electron chi connectivity index (χ4n) is 4.02. The molecule has 0 aromatic heterocycles. The second kappa shape index (κ2) is 6.27. The van der Waals surface area contributed by atoms with Crippen molar-refractivity contribution in [1.29, 1.82) is 0 Å². The average Bonchev–Trinajstić information content (AvgIpc) is 2.90. The van der Waals surface area contributed by atoms with E-state index in [1.54, 1.807) is 0 Å². The van der Waals surface area contributed by atoms with E-state index in [1.165, 1.54) is 0 Å². The predicted molar refractivity (Wildman–Crippen MR) is 79.9 cm³/mol. The molecule has 2 bridgehead atoms. The number of carbonyl (C=O) groups is 3. The number of alkyl halides is 2. The van der Waals surface area contributed by atoms with Gasteiger partial charge in [0, 0.05) is 30.8 Å². The van der Waals surface area contributed by atoms with Crippen molar-refractivity contribution in [1.82, 2.24) is 16.0 Å². The molecule has 3 heterocycles. The van der Waals surface area contributed by atoms with Crippen LogP contribution in [0.1, 0.15) is 32.1 Å². The molecule has 0 radical (unpaired) electrons. The summed E-state index contributed by atoms with van der Waals surface area (Å²) < 4.78 is 28.0. The van der Waals surface area contributed by atoms with Crippen molar-refractivity contribution in [2.24, 2.45) is 17.6 Å². The Labute approximate surface area is 138 Å². The van der Waals surface area contributed by atoms with Crippen LogP contribution in [0, 0.1) is 11.8 Å². The van der Waals surface area contributed by atoms with Crippen molar-refractivity contribution in [2.45, 2.75) is 56.2 Å². The lowest BCUT2D eigenvalue weighted by Crippen LogP contribution is -2.66. The summed E-state index contributed by atoms with van der Waals surface area (Å²) in [6, 6.07) is -2.47. The van der Waals surface area contributed by atoms with Crippen molar-refractivity contribution in [3.05, 3.63) is 0 Å². The highest BCUT2D eigenvalue weighted by Crippen LogP contribution is 2.44. The van der Waals surface area contributed by atoms with Gasteiger partial charge in [0.2, 0.25) is 17.7 Å². The number of primary amides is 1. The number of amides is 3. The van der Waals surface area contributed by atoms with Crippen LogP contribution in [0.3, 0.4) is 0 Å². The molecule has 4 fully saturated rings. The third-order valence-electron chi connectivity index (χ3n) is 5.33. The molecule has 5 atom stereocenters. The summed E-state index contributed by atoms with van der Waals surface area (Å²) in [7, 11) is 0. The van der Waals surface area contributed by atoms with Gasteiger partial charge in [-0.05, 0) is 25.7 Å². The van der Waals surface area contributed by atoms with Gasteiger partial charge in [0.25, 0.3) is 5.92 Å². The molecule has 0 aromatic rings. The molecule has 4 aliphatic rings. The minimum absolute atomic E-state index is 0.0874. The lowest BCUT2D eigenvalue weighted by Gasteiger charge is -2.47. The van der Waals surface area contributed by atoms with Gasteiger partial charge in [-0.15, -0.1) is 0 Å². The van der Waals surface area contributed by atoms with Crippen LogP contribution in [0.25, 0.3) is 0 Å². The van der Waals surface area contributed by atoms with E-state index < -0.39 is 47.7 Å². The first-order valence-corrected chi connectivity index (χ1v) is 8.29. The molecule has 7 nitrogen and oxygen atoms in total. The maximum Gasteiger partial charge on any atom is 0.254 e. The van der Waals surface area contributed by atoms with Crippen LogP contribution in [0.15, 0.2) is 0 Å². The van der Waals surface area contributed by atoms with Crippen LogP contribution in [0.2, 0.25) is 0 Å². The van der Waals surface area contributed by atoms with Gasteiger partial charge in [0.05, 0.1) is 6.04 Å². The number of halogens is 2. The standard InChI is InChI=1S/C15H22F2N4O3/c16-15(17)6-8-1-2-9(15)11(20-8)14(24)21-10(12(18)22)5-7-3-4-19-13(7)23/h7-11,20H,1-6H2,(H2,18,22)(H,19,23)(H,21,24)/t7-,8-,9-,10-,11-/m0/s1. The summed E-state index contributed by atoms with van der Waals surface area (Å²) in [5, 5.41) is 8.05. The van der Waals surface area contributed by atoms with E-state index in [0.29, 0.717) is 19.4 Å². The maximum atomic E-state index is 14.0. The summed E-state index contributed by atoms with van der Waals surface area (Å²) in [4.78, 5) is 35.7. The van der Waals surface area contributed by atoms with Gasteiger partial charge in [-0.2, -0.15) is 0 Å². The van der Waals surface area contributed by atoms with Crippen molar-refractivity contribution >= 4 is 17.7 Å². The zero-order chi connectivity index (χ0) is 17.5. The van der Waals surface area contributed by atoms with E-state index >= 15 is 0 Å². The Hall–Kier alpha value is -1.77. The highest BCUT2D eigenvalue weighted by Gasteiger charge is 2.55. The molecule has 1 aliphatic carbocycles. The van der Waals surface area contributed by atoms with E-state index in [2.05, 4.69) is 16.0 Å². The molecule has 0 aromatic carbocycles. The smallest absolute Gasteiger partial charge is 0.254 e. The van der Waals surface area contributed by atoms with Gasteiger partial charge in [0.15, 0.2) is 0 Å². The fraction of sp³-hybridized carbons (Fsp3) is 0.800. The van der Waals surface area contributed by atoms with Gasteiger partial charge >= 0.3 is 0 Å². The lowest BCUT2D eigenvalue weighted by atomic mass is 9.73. The first-order chi connectivity index (χ1) is 11.3. The number of nitrogens with one attached hydrogen (secondary N) is 3. The van der Waals surface area contributed by atoms with Gasteiger partial charge in [0.1, 0.15) is 6.04 Å². The second-order valence-corrected chi connectivity index (χ2v) is 6.97. The summed E-state index contributed by atoms with van der Waals surface area (Å²) in [6.07, 6.45) is 1.27. The first kappa shape index (κ1) is 17.1. The van der Waals surface area contributed by atoms with Crippen molar-refractivity contribution in [3.63, 3.8) is 0 Å². The molecular weight excluding hydrogens is 322 g/mol. The zero-order valence-corrected chi connectivity index (χ0v) is 13.2. The topological polar surface area (TPSA) is 113 Å². The predicted octanol–water partition coefficient (Wildman–Crippen LogP) is -0.741. The molecule has 3 aliphatic heterocycles. The Kier molecular flexibility index (Phi) is 4.46. The van der Waals surface area contributed by atoms with Crippen LogP contribution in [0.4, 0.5) is 8.78 Å². The normalized spacial score (nSPS) is 35.3. The Morgan fingerprint density at radius 2 is 2.08 bits per heavy atom. The number of piperidine rings is 2. The number of rotatable bonds is 5. The molecule has 9 heteroatoms. The highest BCUT2D eigenvalue weighted by atomic mass is 19.3. The van der Waals surface area contributed by atoms with Crippen molar-refractivity contribution in [3.8, 4) is 0 Å². The monoisotopic (exact) mass is 344 g/mol. The summed E-state index contributed by atoms with van der Waals surface area (Å²) in [5.41, 5.74) is 5.31. The summed E-state index contributed by atoms with van der Waals surface area (Å²) in [6.45, 7) is 0.517. The Morgan fingerprint density at radius 3 is 2.62 bits per heavy atom. The van der Waals surface area contributed by atoms with E-state index in [9.17, 15) is 23.2 Å². The third kappa shape index (κ3) is 3.22. The first-order valence-electron chi connectivity index (χ1n) is 8.29. The maximum absolute atomic E-state index is 14.0. The molecular formula is C15H22F2N4O3. The minimum Gasteiger partial charge on any atom is -0.368 e. The third-order valence-corrected chi connectivity index (χ3v) is 5.33. The van der Waals surface area contributed by atoms with Crippen molar-refractivity contribution in [2.75, 3.05) is 6.54 Å². The van der Waals surface area contributed by atoms with Gasteiger partial charge < -0.3 is 21.7 Å². The van der Waals surface area contributed by atoms with Crippen LogP contribution in [-0.2, 0) is 14.4 Å². The van der Waals surface area contributed by atoms with E-state index in [-0.39, 0.29) is 25.2 Å². The molecule has 4 rings (SSSR count). The molecule has 134 valence electrons. The van der Waals surface area contributed by atoms with Crippen molar-refractivity contribution < 1.29 is 23.2 Å². The van der Waals surface area contributed by atoms with Crippen LogP contribution in [-0.4, -0.2) is 48.3 Å². The van der Waals surface area contributed by atoms with E-state index in [1.807, 2.05) is 0 Å². The molecule has 1 saturated carbocycles. The lowest BCUT2D eigenvalue weighted by molar-refractivity contribution is -0.154. The summed E-state index contributed by atoms with van der Waals surface area (Å²) >= 11 is 0. The molecule has 0 unspecified atom stereocenters. The number of nitrogens with two attached hydrogens (primary N) is 1. The molecule has 3 amide bonds. The zero-order valence-electron chi connectivity index (χ0n) is 13.2. The van der Waals surface area contributed by atoms with Gasteiger partial charge in [-0.25, -0.2) is 8.78 Å². The van der Waals surface area contributed by atoms with Gasteiger partial charge in [-0.1, -0.05) is 0 Å². The number of hydrogen-bond donors (Lipinski definition) is 4. The SMILES string of the molecule is NC(=O)[C@H](C[C@@H]1CCNC1=O)NC(=O)[C@H]1N[C@H]2CC[C@@H]1C(F)(F)C2. The number of hydrogen-bond acceptors (Lipinski definition) is 4. The molecule has 3 saturated heterocycles. The number of carbonyl (C=O) groups excluding carboxylic acids is 3. The Balaban J connectivity index is 1.65. The van der Waals surface area contributed by atoms with Crippen LogP contribution >= 0.6 is 0 Å². The highest BCUT2D eigenvalue weighted by molar-refractivity contribution is 5.90. The summed E-state index contributed by atoms with van der Waals surface area (Å²) in [5.74, 6) is -5.96. The van der Waals surface area contributed by atoms with E-state index in [0.717, 1.165) is 0 Å². The molecule has 5 N–H and O–H groups in total. The fourth-order valence-corrected chi connectivity index (χ4v) is 4.02. The Bertz CT molecular complexity index is 557. The number of fused-ring (bicyclic) bond motifs is 3. The quantitative estimate of drug-likeness (QED) is 0.526. The van der Waals surface area contributed by atoms with E-state index in [4.69, 9.17) is 5.73 Å². The van der Waals surface area contributed by atoms with Crippen LogP contribution in [0.5, 0.6) is 0 Å². The van der Waals surface area contributed by atoms with Crippen LogP contribution < -0.4 is 21.7 Å². The van der Waals surface area contributed by atoms with Gasteiger partial charge in [-0.3, -0.25) is 14.4 Å².